The first-order chi connectivity index (χ1) is 7.58. The first kappa shape index (κ1) is 14.0. The van der Waals surface area contributed by atoms with E-state index in [0.717, 1.165) is 23.8 Å². The van der Waals surface area contributed by atoms with Crippen molar-refractivity contribution in [2.45, 2.75) is 78.8 Å². The van der Waals surface area contributed by atoms with Crippen LogP contribution in [0.1, 0.15) is 66.7 Å². The van der Waals surface area contributed by atoms with Crippen LogP contribution in [0, 0.1) is 17.8 Å². The molecule has 0 aromatic heterocycles. The molecule has 0 heterocycles. The second-order valence-corrected chi connectivity index (χ2v) is 6.03. The predicted octanol–water partition coefficient (Wildman–Crippen LogP) is 4.23. The fourth-order valence-corrected chi connectivity index (χ4v) is 3.23. The van der Waals surface area contributed by atoms with Gasteiger partial charge in [-0.05, 0) is 37.5 Å². The van der Waals surface area contributed by atoms with Crippen LogP contribution in [0.4, 0.5) is 0 Å². The van der Waals surface area contributed by atoms with Gasteiger partial charge < -0.3 is 5.32 Å². The van der Waals surface area contributed by atoms with Gasteiger partial charge in [-0.25, -0.2) is 0 Å². The Morgan fingerprint density at radius 3 is 2.31 bits per heavy atom. The van der Waals surface area contributed by atoms with E-state index in [2.05, 4.69) is 39.9 Å². The summed E-state index contributed by atoms with van der Waals surface area (Å²) in [5.74, 6) is 2.64. The quantitative estimate of drug-likeness (QED) is 0.738. The summed E-state index contributed by atoms with van der Waals surface area (Å²) >= 11 is 0. The van der Waals surface area contributed by atoms with Crippen molar-refractivity contribution >= 4 is 0 Å². The maximum Gasteiger partial charge on any atom is 0.00978 e. The average molecular weight is 225 g/mol. The molecule has 1 aliphatic carbocycles. The van der Waals surface area contributed by atoms with Crippen molar-refractivity contribution in [3.63, 3.8) is 0 Å². The van der Waals surface area contributed by atoms with Gasteiger partial charge in [-0.3, -0.25) is 0 Å². The van der Waals surface area contributed by atoms with Crippen molar-refractivity contribution < 1.29 is 0 Å². The van der Waals surface area contributed by atoms with Gasteiger partial charge in [0.1, 0.15) is 0 Å². The molecular formula is C15H31N. The van der Waals surface area contributed by atoms with E-state index in [1.807, 2.05) is 0 Å². The Hall–Kier alpha value is -0.0400. The van der Waals surface area contributed by atoms with Crippen LogP contribution in [0.15, 0.2) is 0 Å². The molecule has 0 aromatic carbocycles. The molecule has 1 N–H and O–H groups in total. The minimum absolute atomic E-state index is 0.688. The highest BCUT2D eigenvalue weighted by molar-refractivity contribution is 4.84. The summed E-state index contributed by atoms with van der Waals surface area (Å²) in [5.41, 5.74) is 0. The van der Waals surface area contributed by atoms with Crippen molar-refractivity contribution in [2.75, 3.05) is 0 Å². The summed E-state index contributed by atoms with van der Waals surface area (Å²) in [6.45, 7) is 11.8. The third-order valence-corrected chi connectivity index (χ3v) is 4.69. The van der Waals surface area contributed by atoms with Gasteiger partial charge in [0.15, 0.2) is 0 Å². The van der Waals surface area contributed by atoms with E-state index in [9.17, 15) is 0 Å². The van der Waals surface area contributed by atoms with Crippen LogP contribution >= 0.6 is 0 Å². The Labute approximate surface area is 102 Å². The van der Waals surface area contributed by atoms with E-state index in [1.165, 1.54) is 32.1 Å². The number of nitrogens with one attached hydrogen (secondary N) is 1. The Morgan fingerprint density at radius 2 is 1.75 bits per heavy atom. The van der Waals surface area contributed by atoms with Gasteiger partial charge in [0.2, 0.25) is 0 Å². The molecular weight excluding hydrogens is 194 g/mol. The molecule has 1 saturated carbocycles. The van der Waals surface area contributed by atoms with Crippen molar-refractivity contribution in [1.82, 2.24) is 5.32 Å². The molecule has 4 atom stereocenters. The Kier molecular flexibility index (Phi) is 5.82. The zero-order valence-electron chi connectivity index (χ0n) is 11.9. The average Bonchev–Trinajstić information content (AvgIpc) is 2.25. The van der Waals surface area contributed by atoms with Crippen LogP contribution in [-0.2, 0) is 0 Å². The highest BCUT2D eigenvalue weighted by Gasteiger charge is 2.27. The van der Waals surface area contributed by atoms with Gasteiger partial charge >= 0.3 is 0 Å². The summed E-state index contributed by atoms with van der Waals surface area (Å²) in [5, 5.41) is 3.90. The molecule has 4 unspecified atom stereocenters. The third kappa shape index (κ3) is 3.76. The second-order valence-electron chi connectivity index (χ2n) is 6.03. The van der Waals surface area contributed by atoms with Gasteiger partial charge in [-0.2, -0.15) is 0 Å². The van der Waals surface area contributed by atoms with Gasteiger partial charge in [-0.15, -0.1) is 0 Å². The molecule has 0 aromatic rings. The van der Waals surface area contributed by atoms with Crippen molar-refractivity contribution in [3.05, 3.63) is 0 Å². The Morgan fingerprint density at radius 1 is 1.12 bits per heavy atom. The van der Waals surface area contributed by atoms with Crippen molar-refractivity contribution in [2.24, 2.45) is 17.8 Å². The van der Waals surface area contributed by atoms with E-state index in [-0.39, 0.29) is 0 Å². The zero-order chi connectivity index (χ0) is 12.1. The summed E-state index contributed by atoms with van der Waals surface area (Å²) in [6, 6.07) is 1.45. The SMILES string of the molecule is CCC(CC)C(C)NC1CC(C)CCC1C. The molecule has 0 saturated heterocycles. The molecule has 0 radical (unpaired) electrons. The lowest BCUT2D eigenvalue weighted by molar-refractivity contribution is 0.195. The highest BCUT2D eigenvalue weighted by Crippen LogP contribution is 2.29. The lowest BCUT2D eigenvalue weighted by Crippen LogP contribution is -2.46. The molecule has 0 bridgehead atoms. The maximum absolute atomic E-state index is 3.90. The zero-order valence-corrected chi connectivity index (χ0v) is 11.9. The van der Waals surface area contributed by atoms with Crippen LogP contribution in [0.25, 0.3) is 0 Å². The monoisotopic (exact) mass is 225 g/mol. The van der Waals surface area contributed by atoms with E-state index in [4.69, 9.17) is 0 Å². The van der Waals surface area contributed by atoms with E-state index < -0.39 is 0 Å². The Balaban J connectivity index is 2.44. The standard InChI is InChI=1S/C15H31N/c1-6-14(7-2)13(5)16-15-10-11(3)8-9-12(15)4/h11-16H,6-10H2,1-5H3. The van der Waals surface area contributed by atoms with Crippen molar-refractivity contribution in [3.8, 4) is 0 Å². The highest BCUT2D eigenvalue weighted by atomic mass is 15.0. The number of hydrogen-bond donors (Lipinski definition) is 1. The molecule has 1 heteroatoms. The smallest absolute Gasteiger partial charge is 0.00978 e. The van der Waals surface area contributed by atoms with Gasteiger partial charge in [0.25, 0.3) is 0 Å². The fourth-order valence-electron chi connectivity index (χ4n) is 3.23. The molecule has 0 spiro atoms. The first-order valence-electron chi connectivity index (χ1n) is 7.34. The van der Waals surface area contributed by atoms with E-state index in [1.54, 1.807) is 0 Å². The van der Waals surface area contributed by atoms with E-state index in [0.29, 0.717) is 6.04 Å². The van der Waals surface area contributed by atoms with Crippen LogP contribution in [-0.4, -0.2) is 12.1 Å². The molecule has 96 valence electrons. The summed E-state index contributed by atoms with van der Waals surface area (Å²) in [7, 11) is 0. The number of hydrogen-bond acceptors (Lipinski definition) is 1. The van der Waals surface area contributed by atoms with Gasteiger partial charge in [0.05, 0.1) is 0 Å². The molecule has 1 aliphatic rings. The topological polar surface area (TPSA) is 12.0 Å². The normalized spacial score (nSPS) is 33.0. The molecule has 16 heavy (non-hydrogen) atoms. The van der Waals surface area contributed by atoms with Crippen LogP contribution in [0.2, 0.25) is 0 Å². The molecule has 1 rings (SSSR count). The fraction of sp³-hybridized carbons (Fsp3) is 1.00. The van der Waals surface area contributed by atoms with Crippen LogP contribution < -0.4 is 5.32 Å². The molecule has 1 fully saturated rings. The van der Waals surface area contributed by atoms with Crippen LogP contribution in [0.3, 0.4) is 0 Å². The van der Waals surface area contributed by atoms with Crippen molar-refractivity contribution in [1.29, 1.82) is 0 Å². The lowest BCUT2D eigenvalue weighted by Gasteiger charge is -2.37. The summed E-state index contributed by atoms with van der Waals surface area (Å²) in [4.78, 5) is 0. The number of rotatable bonds is 5. The van der Waals surface area contributed by atoms with E-state index >= 15 is 0 Å². The minimum Gasteiger partial charge on any atom is -0.311 e. The minimum atomic E-state index is 0.688. The van der Waals surface area contributed by atoms with Gasteiger partial charge in [0, 0.05) is 12.1 Å². The third-order valence-electron chi connectivity index (χ3n) is 4.69. The summed E-state index contributed by atoms with van der Waals surface area (Å²) in [6.07, 6.45) is 6.83. The first-order valence-corrected chi connectivity index (χ1v) is 7.34. The molecule has 0 aliphatic heterocycles. The van der Waals surface area contributed by atoms with Crippen LogP contribution in [0.5, 0.6) is 0 Å². The largest absolute Gasteiger partial charge is 0.311 e. The maximum atomic E-state index is 3.90. The second kappa shape index (κ2) is 6.64. The predicted molar refractivity (Wildman–Crippen MR) is 72.6 cm³/mol. The Bertz CT molecular complexity index is 186. The lowest BCUT2D eigenvalue weighted by atomic mass is 9.79. The molecule has 0 amide bonds. The van der Waals surface area contributed by atoms with Gasteiger partial charge in [-0.1, -0.05) is 47.0 Å². The summed E-state index contributed by atoms with van der Waals surface area (Å²) < 4.78 is 0. The molecule has 1 nitrogen and oxygen atoms in total.